The summed E-state index contributed by atoms with van der Waals surface area (Å²) in [5.41, 5.74) is 2.54. The highest BCUT2D eigenvalue weighted by atomic mass is 35.5. The van der Waals surface area contributed by atoms with Crippen molar-refractivity contribution >= 4 is 43.3 Å². The van der Waals surface area contributed by atoms with Crippen LogP contribution in [0.2, 0.25) is 5.02 Å². The molecule has 5 aromatic rings. The number of aromatic nitrogens is 1. The number of hydrogen-bond acceptors (Lipinski definition) is 2. The summed E-state index contributed by atoms with van der Waals surface area (Å²) in [5, 5.41) is 3.10. The summed E-state index contributed by atoms with van der Waals surface area (Å²) in [6.07, 6.45) is 1.84. The minimum Gasteiger partial charge on any atom is -0.361 e. The van der Waals surface area contributed by atoms with Crippen LogP contribution >= 0.6 is 11.6 Å². The van der Waals surface area contributed by atoms with Gasteiger partial charge < -0.3 is 4.98 Å². The van der Waals surface area contributed by atoms with Crippen LogP contribution in [-0.4, -0.2) is 13.4 Å². The van der Waals surface area contributed by atoms with Gasteiger partial charge in [-0.2, -0.15) is 4.72 Å². The van der Waals surface area contributed by atoms with Gasteiger partial charge >= 0.3 is 0 Å². The van der Waals surface area contributed by atoms with Crippen molar-refractivity contribution in [3.8, 4) is 0 Å². The van der Waals surface area contributed by atoms with Gasteiger partial charge in [-0.15, -0.1) is 0 Å². The van der Waals surface area contributed by atoms with Gasteiger partial charge in [0.1, 0.15) is 0 Å². The molecule has 154 valence electrons. The lowest BCUT2D eigenvalue weighted by atomic mass is 9.99. The third-order valence-electron chi connectivity index (χ3n) is 5.43. The van der Waals surface area contributed by atoms with E-state index in [1.807, 2.05) is 85.1 Å². The van der Waals surface area contributed by atoms with Crippen LogP contribution in [0.4, 0.5) is 0 Å². The van der Waals surface area contributed by atoms with Gasteiger partial charge in [-0.25, -0.2) is 8.42 Å². The molecule has 0 spiro atoms. The minimum atomic E-state index is -3.83. The topological polar surface area (TPSA) is 62.0 Å². The maximum Gasteiger partial charge on any atom is 0.242 e. The Morgan fingerprint density at radius 2 is 1.55 bits per heavy atom. The lowest BCUT2D eigenvalue weighted by Gasteiger charge is -2.20. The van der Waals surface area contributed by atoms with Crippen LogP contribution in [0.3, 0.4) is 0 Å². The monoisotopic (exact) mass is 446 g/mol. The van der Waals surface area contributed by atoms with Gasteiger partial charge in [-0.1, -0.05) is 84.4 Å². The second-order valence-corrected chi connectivity index (χ2v) is 9.50. The predicted octanol–water partition coefficient (Wildman–Crippen LogP) is 6.04. The number of aromatic amines is 1. The van der Waals surface area contributed by atoms with E-state index in [9.17, 15) is 8.42 Å². The molecule has 0 fully saturated rings. The van der Waals surface area contributed by atoms with Crippen LogP contribution in [0.1, 0.15) is 17.2 Å². The summed E-state index contributed by atoms with van der Waals surface area (Å²) in [4.78, 5) is 3.47. The molecule has 31 heavy (non-hydrogen) atoms. The van der Waals surface area contributed by atoms with Gasteiger partial charge in [-0.3, -0.25) is 0 Å². The van der Waals surface area contributed by atoms with Crippen molar-refractivity contribution in [2.75, 3.05) is 0 Å². The standard InChI is InChI=1S/C25H19ClN2O2S/c26-19-13-14-21-22(16-27-23(21)15-19)25(18-8-2-1-3-9-18)28-31(29,30)24-12-6-10-17-7-4-5-11-20(17)24/h1-16,25,27-28H. The highest BCUT2D eigenvalue weighted by Gasteiger charge is 2.26. The van der Waals surface area contributed by atoms with E-state index in [-0.39, 0.29) is 4.90 Å². The normalized spacial score (nSPS) is 12.9. The Morgan fingerprint density at radius 3 is 2.39 bits per heavy atom. The highest BCUT2D eigenvalue weighted by Crippen LogP contribution is 2.32. The number of nitrogens with one attached hydrogen (secondary N) is 2. The van der Waals surface area contributed by atoms with Gasteiger partial charge in [0.15, 0.2) is 0 Å². The lowest BCUT2D eigenvalue weighted by Crippen LogP contribution is -2.29. The van der Waals surface area contributed by atoms with E-state index in [1.54, 1.807) is 12.1 Å². The maximum atomic E-state index is 13.6. The Bertz CT molecular complexity index is 1490. The molecule has 4 aromatic carbocycles. The van der Waals surface area contributed by atoms with Crippen LogP contribution < -0.4 is 4.72 Å². The fourth-order valence-electron chi connectivity index (χ4n) is 3.96. The number of halogens is 1. The summed E-state index contributed by atoms with van der Waals surface area (Å²) >= 11 is 6.13. The molecule has 5 rings (SSSR count). The zero-order valence-electron chi connectivity index (χ0n) is 16.4. The van der Waals surface area contributed by atoms with E-state index in [1.165, 1.54) is 0 Å². The molecule has 0 bridgehead atoms. The van der Waals surface area contributed by atoms with Gasteiger partial charge in [0.25, 0.3) is 0 Å². The second kappa shape index (κ2) is 7.85. The van der Waals surface area contributed by atoms with Crippen molar-refractivity contribution in [3.05, 3.63) is 113 Å². The second-order valence-electron chi connectivity index (χ2n) is 7.38. The molecule has 0 amide bonds. The molecule has 0 aliphatic carbocycles. The molecular formula is C25H19ClN2O2S. The first-order valence-electron chi connectivity index (χ1n) is 9.84. The maximum absolute atomic E-state index is 13.6. The minimum absolute atomic E-state index is 0.259. The van der Waals surface area contributed by atoms with Gasteiger partial charge in [0.2, 0.25) is 10.0 Å². The molecule has 4 nitrogen and oxygen atoms in total. The molecule has 1 aromatic heterocycles. The molecule has 0 aliphatic rings. The number of rotatable bonds is 5. The van der Waals surface area contributed by atoms with Crippen LogP contribution in [0, 0.1) is 0 Å². The molecule has 6 heteroatoms. The largest absolute Gasteiger partial charge is 0.361 e. The first kappa shape index (κ1) is 19.8. The summed E-state index contributed by atoms with van der Waals surface area (Å²) in [7, 11) is -3.83. The predicted molar refractivity (Wildman–Crippen MR) is 126 cm³/mol. The van der Waals surface area contributed by atoms with Crippen LogP contribution in [-0.2, 0) is 10.0 Å². The third-order valence-corrected chi connectivity index (χ3v) is 7.15. The van der Waals surface area contributed by atoms with Crippen molar-refractivity contribution in [2.45, 2.75) is 10.9 Å². The van der Waals surface area contributed by atoms with Crippen LogP contribution in [0.15, 0.2) is 102 Å². The van der Waals surface area contributed by atoms with E-state index in [4.69, 9.17) is 11.6 Å². The van der Waals surface area contributed by atoms with E-state index >= 15 is 0 Å². The van der Waals surface area contributed by atoms with Crippen LogP contribution in [0.5, 0.6) is 0 Å². The van der Waals surface area contributed by atoms with E-state index in [0.29, 0.717) is 10.4 Å². The summed E-state index contributed by atoms with van der Waals surface area (Å²) in [6, 6.07) is 27.3. The first-order chi connectivity index (χ1) is 15.0. The van der Waals surface area contributed by atoms with E-state index < -0.39 is 16.1 Å². The van der Waals surface area contributed by atoms with Crippen molar-refractivity contribution in [1.82, 2.24) is 9.71 Å². The van der Waals surface area contributed by atoms with Crippen molar-refractivity contribution < 1.29 is 8.42 Å². The quantitative estimate of drug-likeness (QED) is 0.345. The van der Waals surface area contributed by atoms with E-state index in [2.05, 4.69) is 9.71 Å². The molecule has 0 aliphatic heterocycles. The Kier molecular flexibility index (Phi) is 5.02. The molecule has 0 saturated heterocycles. The van der Waals surface area contributed by atoms with Crippen LogP contribution in [0.25, 0.3) is 21.7 Å². The number of H-pyrrole nitrogens is 1. The van der Waals surface area contributed by atoms with Crippen molar-refractivity contribution in [2.24, 2.45) is 0 Å². The molecule has 2 N–H and O–H groups in total. The van der Waals surface area contributed by atoms with Crippen molar-refractivity contribution in [1.29, 1.82) is 0 Å². The summed E-state index contributed by atoms with van der Waals surface area (Å²) in [5.74, 6) is 0. The number of hydrogen-bond donors (Lipinski definition) is 2. The van der Waals surface area contributed by atoms with Gasteiger partial charge in [0.05, 0.1) is 10.9 Å². The Balaban J connectivity index is 1.65. The Labute approximate surface area is 185 Å². The Hall–Kier alpha value is -3.12. The Morgan fingerprint density at radius 1 is 0.806 bits per heavy atom. The average molecular weight is 447 g/mol. The van der Waals surface area contributed by atoms with Gasteiger partial charge in [0, 0.05) is 27.5 Å². The zero-order chi connectivity index (χ0) is 21.4. The highest BCUT2D eigenvalue weighted by molar-refractivity contribution is 7.89. The fraction of sp³-hybridized carbons (Fsp3) is 0.0400. The van der Waals surface area contributed by atoms with Gasteiger partial charge in [-0.05, 0) is 34.7 Å². The molecule has 1 heterocycles. The fourth-order valence-corrected chi connectivity index (χ4v) is 5.57. The SMILES string of the molecule is O=S(=O)(NC(c1ccccc1)c1c[nH]c2cc(Cl)ccc12)c1cccc2ccccc12. The number of benzene rings is 4. The average Bonchev–Trinajstić information content (AvgIpc) is 3.20. The zero-order valence-corrected chi connectivity index (χ0v) is 18.0. The molecule has 1 unspecified atom stereocenters. The van der Waals surface area contributed by atoms with E-state index in [0.717, 1.165) is 27.4 Å². The molecule has 0 saturated carbocycles. The smallest absolute Gasteiger partial charge is 0.242 e. The summed E-state index contributed by atoms with van der Waals surface area (Å²) < 4.78 is 30.1. The lowest BCUT2D eigenvalue weighted by molar-refractivity contribution is 0.573. The molecular weight excluding hydrogens is 428 g/mol. The number of fused-ring (bicyclic) bond motifs is 2. The summed E-state index contributed by atoms with van der Waals surface area (Å²) in [6.45, 7) is 0. The number of sulfonamides is 1. The molecule has 1 atom stereocenters. The molecule has 0 radical (unpaired) electrons. The van der Waals surface area contributed by atoms with Crippen molar-refractivity contribution in [3.63, 3.8) is 0 Å². The first-order valence-corrected chi connectivity index (χ1v) is 11.7. The third kappa shape index (κ3) is 3.72.